The maximum Gasteiger partial charge on any atom is 0.337 e. The summed E-state index contributed by atoms with van der Waals surface area (Å²) in [5, 5.41) is 3.25. The van der Waals surface area contributed by atoms with Crippen molar-refractivity contribution >= 4 is 46.7 Å². The molecule has 1 amide bonds. The Hall–Kier alpha value is -2.84. The summed E-state index contributed by atoms with van der Waals surface area (Å²) in [5.74, 6) is -1.01. The zero-order valence-corrected chi connectivity index (χ0v) is 19.3. The van der Waals surface area contributed by atoms with E-state index in [1.165, 1.54) is 12.0 Å². The summed E-state index contributed by atoms with van der Waals surface area (Å²) in [7, 11) is 1.30. The lowest BCUT2D eigenvalue weighted by molar-refractivity contribution is -0.131. The maximum absolute atomic E-state index is 13.7. The minimum atomic E-state index is -0.804. The van der Waals surface area contributed by atoms with E-state index in [0.717, 1.165) is 0 Å². The number of alkyl halides is 2. The summed E-state index contributed by atoms with van der Waals surface area (Å²) in [5.41, 5.74) is 1.19. The summed E-state index contributed by atoms with van der Waals surface area (Å²) in [6.45, 7) is 1.71. The Morgan fingerprint density at radius 1 is 1.18 bits per heavy atom. The average Bonchev–Trinajstić information content (AvgIpc) is 3.35. The molecule has 0 radical (unpaired) electrons. The number of carbonyl (C=O) groups excluding carboxylic acids is 3. The third-order valence-corrected chi connectivity index (χ3v) is 7.08. The number of hydrogen-bond acceptors (Lipinski definition) is 7. The maximum atomic E-state index is 13.7. The number of esters is 1. The molecule has 5 rings (SSSR count). The van der Waals surface area contributed by atoms with E-state index in [1.54, 1.807) is 37.3 Å². The number of Topliss-reactive ketones (excluding diaryl/α,β-unsaturated/α-hetero) is 1. The average molecular weight is 491 g/mol. The monoisotopic (exact) mass is 490 g/mol. The second-order valence-corrected chi connectivity index (χ2v) is 9.55. The molecule has 1 fully saturated rings. The van der Waals surface area contributed by atoms with E-state index in [2.05, 4.69) is 5.16 Å². The highest BCUT2D eigenvalue weighted by atomic mass is 35.5. The van der Waals surface area contributed by atoms with Crippen molar-refractivity contribution in [1.82, 2.24) is 5.16 Å². The molecule has 33 heavy (non-hydrogen) atoms. The summed E-state index contributed by atoms with van der Waals surface area (Å²) < 4.78 is 16.0. The summed E-state index contributed by atoms with van der Waals surface area (Å²) in [4.78, 5) is 40.5. The fourth-order valence-corrected chi connectivity index (χ4v) is 5.70. The van der Waals surface area contributed by atoms with Gasteiger partial charge in [0.05, 0.1) is 35.6 Å². The van der Waals surface area contributed by atoms with Crippen molar-refractivity contribution in [3.8, 4) is 0 Å². The van der Waals surface area contributed by atoms with E-state index in [0.29, 0.717) is 29.7 Å². The molecule has 5 atom stereocenters. The molecule has 2 aromatic rings. The standard InChI is InChI=1S/C23H20Cl2N2O6/c1-10-7-16(26-33-10)27-18(11-3-5-12(6-4-11)23(30)31-2)17-19(28)14-8-13(24)9-15(25)20(14)32-21(17)22(27)29/h3-7,13-15,18,20H,8-9H2,1-2H3. The number of ketones is 1. The number of amides is 1. The number of carbonyl (C=O) groups is 3. The number of aryl methyl sites for hydroxylation is 1. The highest BCUT2D eigenvalue weighted by Crippen LogP contribution is 2.49. The molecule has 1 aliphatic carbocycles. The molecule has 172 valence electrons. The molecular formula is C23H20Cl2N2O6. The van der Waals surface area contributed by atoms with Gasteiger partial charge in [-0.2, -0.15) is 0 Å². The molecular weight excluding hydrogens is 471 g/mol. The van der Waals surface area contributed by atoms with Crippen LogP contribution in [-0.4, -0.2) is 46.8 Å². The number of nitrogens with zero attached hydrogens (tertiary/aromatic N) is 2. The zero-order chi connectivity index (χ0) is 23.4. The summed E-state index contributed by atoms with van der Waals surface area (Å²) in [6.07, 6.45) is 0.271. The van der Waals surface area contributed by atoms with Crippen LogP contribution in [0.5, 0.6) is 0 Å². The molecule has 8 nitrogen and oxygen atoms in total. The van der Waals surface area contributed by atoms with Crippen molar-refractivity contribution < 1.29 is 28.4 Å². The Balaban J connectivity index is 1.62. The van der Waals surface area contributed by atoms with Gasteiger partial charge >= 0.3 is 5.97 Å². The minimum Gasteiger partial charge on any atom is -0.482 e. The largest absolute Gasteiger partial charge is 0.482 e. The Morgan fingerprint density at radius 3 is 2.55 bits per heavy atom. The number of methoxy groups -OCH3 is 1. The van der Waals surface area contributed by atoms with Gasteiger partial charge < -0.3 is 14.0 Å². The van der Waals surface area contributed by atoms with E-state index in [-0.39, 0.29) is 28.3 Å². The van der Waals surface area contributed by atoms with Crippen LogP contribution in [0.4, 0.5) is 5.82 Å². The van der Waals surface area contributed by atoms with Crippen molar-refractivity contribution in [1.29, 1.82) is 0 Å². The number of rotatable bonds is 3. The molecule has 1 saturated carbocycles. The van der Waals surface area contributed by atoms with Crippen molar-refractivity contribution in [2.45, 2.75) is 42.7 Å². The molecule has 10 heteroatoms. The van der Waals surface area contributed by atoms with Gasteiger partial charge in [-0.25, -0.2) is 4.79 Å². The smallest absolute Gasteiger partial charge is 0.337 e. The number of benzene rings is 1. The van der Waals surface area contributed by atoms with Crippen LogP contribution in [0, 0.1) is 12.8 Å². The zero-order valence-electron chi connectivity index (χ0n) is 17.8. The molecule has 0 spiro atoms. The molecule has 3 heterocycles. The highest BCUT2D eigenvalue weighted by molar-refractivity contribution is 6.25. The lowest BCUT2D eigenvalue weighted by Crippen LogP contribution is -2.47. The Morgan fingerprint density at radius 2 is 1.91 bits per heavy atom. The highest BCUT2D eigenvalue weighted by Gasteiger charge is 2.55. The van der Waals surface area contributed by atoms with E-state index in [9.17, 15) is 14.4 Å². The van der Waals surface area contributed by atoms with Crippen LogP contribution in [0.25, 0.3) is 0 Å². The van der Waals surface area contributed by atoms with Gasteiger partial charge in [0.25, 0.3) is 5.91 Å². The van der Waals surface area contributed by atoms with Crippen molar-refractivity contribution in [2.24, 2.45) is 5.92 Å². The topological polar surface area (TPSA) is 98.9 Å². The summed E-state index contributed by atoms with van der Waals surface area (Å²) in [6, 6.07) is 7.32. The predicted molar refractivity (Wildman–Crippen MR) is 118 cm³/mol. The van der Waals surface area contributed by atoms with Gasteiger partial charge in [0.1, 0.15) is 11.9 Å². The first kappa shape index (κ1) is 22.0. The first-order valence-corrected chi connectivity index (χ1v) is 11.4. The van der Waals surface area contributed by atoms with Gasteiger partial charge in [0.2, 0.25) is 0 Å². The number of anilines is 1. The number of fused-ring (bicyclic) bond motifs is 1. The van der Waals surface area contributed by atoms with Crippen LogP contribution in [-0.2, 0) is 19.1 Å². The SMILES string of the molecule is COC(=O)c1ccc(C2C3=C(OC4C(Cl)CC(Cl)CC4C3=O)C(=O)N2c2cc(C)on2)cc1. The molecule has 0 N–H and O–H groups in total. The Kier molecular flexibility index (Phi) is 5.45. The van der Waals surface area contributed by atoms with Crippen molar-refractivity contribution in [3.63, 3.8) is 0 Å². The number of aromatic nitrogens is 1. The van der Waals surface area contributed by atoms with Gasteiger partial charge in [0, 0.05) is 11.4 Å². The van der Waals surface area contributed by atoms with Gasteiger partial charge in [-0.3, -0.25) is 14.5 Å². The van der Waals surface area contributed by atoms with Crippen LogP contribution >= 0.6 is 23.2 Å². The lowest BCUT2D eigenvalue weighted by atomic mass is 9.77. The van der Waals surface area contributed by atoms with E-state index >= 15 is 0 Å². The second-order valence-electron chi connectivity index (χ2n) is 8.37. The fraction of sp³-hybridized carbons (Fsp3) is 0.391. The molecule has 2 aliphatic heterocycles. The van der Waals surface area contributed by atoms with E-state index < -0.39 is 35.3 Å². The van der Waals surface area contributed by atoms with Gasteiger partial charge in [-0.05, 0) is 37.5 Å². The first-order chi connectivity index (χ1) is 15.8. The third-order valence-electron chi connectivity index (χ3n) is 6.30. The van der Waals surface area contributed by atoms with Gasteiger partial charge in [-0.15, -0.1) is 23.2 Å². The van der Waals surface area contributed by atoms with Gasteiger partial charge in [0.15, 0.2) is 17.4 Å². The lowest BCUT2D eigenvalue weighted by Gasteiger charge is -2.39. The molecule has 3 aliphatic rings. The first-order valence-electron chi connectivity index (χ1n) is 10.5. The number of hydrogen-bond donors (Lipinski definition) is 0. The van der Waals surface area contributed by atoms with E-state index in [4.69, 9.17) is 37.2 Å². The second kappa shape index (κ2) is 8.18. The van der Waals surface area contributed by atoms with Crippen LogP contribution in [0.15, 0.2) is 46.2 Å². The Bertz CT molecular complexity index is 1170. The third kappa shape index (κ3) is 3.52. The van der Waals surface area contributed by atoms with Gasteiger partial charge in [-0.1, -0.05) is 17.3 Å². The quantitative estimate of drug-likeness (QED) is 0.477. The van der Waals surface area contributed by atoms with Crippen LogP contribution in [0.2, 0.25) is 0 Å². The molecule has 1 aromatic heterocycles. The van der Waals surface area contributed by atoms with Crippen LogP contribution in [0.1, 0.15) is 40.6 Å². The molecule has 1 aromatic carbocycles. The number of ether oxygens (including phenoxy) is 2. The fourth-order valence-electron chi connectivity index (χ4n) is 4.78. The van der Waals surface area contributed by atoms with Crippen LogP contribution < -0.4 is 4.90 Å². The summed E-state index contributed by atoms with van der Waals surface area (Å²) >= 11 is 12.8. The predicted octanol–water partition coefficient (Wildman–Crippen LogP) is 3.70. The normalized spacial score (nSPS) is 29.0. The van der Waals surface area contributed by atoms with Crippen LogP contribution in [0.3, 0.4) is 0 Å². The molecule has 0 saturated heterocycles. The Labute approximate surface area is 199 Å². The molecule has 0 bridgehead atoms. The minimum absolute atomic E-state index is 0.0254. The number of halogens is 2. The van der Waals surface area contributed by atoms with E-state index in [1.807, 2.05) is 0 Å². The van der Waals surface area contributed by atoms with Crippen molar-refractivity contribution in [3.05, 3.63) is 58.6 Å². The molecule has 5 unspecified atom stereocenters. The van der Waals surface area contributed by atoms with Crippen molar-refractivity contribution in [2.75, 3.05) is 12.0 Å².